The normalized spacial score (nSPS) is 14.7. The van der Waals surface area contributed by atoms with Crippen LogP contribution in [-0.2, 0) is 6.42 Å². The summed E-state index contributed by atoms with van der Waals surface area (Å²) in [6, 6.07) is 8.58. The summed E-state index contributed by atoms with van der Waals surface area (Å²) >= 11 is 1.43. The number of hydrogen-bond acceptors (Lipinski definition) is 5. The molecule has 0 radical (unpaired) electrons. The SMILES string of the molecule is COc1ccccc1[C@H](C#N)NC(=O)c1sc(CC2CC2)nc1C. The third-order valence-electron chi connectivity index (χ3n) is 4.06. The first-order valence-electron chi connectivity index (χ1n) is 7.92. The van der Waals surface area contributed by atoms with Crippen molar-refractivity contribution in [3.63, 3.8) is 0 Å². The second kappa shape index (κ2) is 7.02. The summed E-state index contributed by atoms with van der Waals surface area (Å²) < 4.78 is 5.28. The number of carbonyl (C=O) groups is 1. The number of para-hydroxylation sites is 1. The fraction of sp³-hybridized carbons (Fsp3) is 0.389. The van der Waals surface area contributed by atoms with Gasteiger partial charge in [0.15, 0.2) is 0 Å². The van der Waals surface area contributed by atoms with Crippen molar-refractivity contribution >= 4 is 17.2 Å². The van der Waals surface area contributed by atoms with Gasteiger partial charge in [0.25, 0.3) is 5.91 Å². The Kier molecular flexibility index (Phi) is 4.81. The Morgan fingerprint density at radius 3 is 2.92 bits per heavy atom. The molecular weight excluding hydrogens is 322 g/mol. The van der Waals surface area contributed by atoms with Gasteiger partial charge in [-0.15, -0.1) is 11.3 Å². The first-order valence-corrected chi connectivity index (χ1v) is 8.73. The van der Waals surface area contributed by atoms with E-state index in [0.717, 1.165) is 23.0 Å². The van der Waals surface area contributed by atoms with E-state index in [0.29, 0.717) is 16.2 Å². The van der Waals surface area contributed by atoms with Gasteiger partial charge in [-0.2, -0.15) is 5.26 Å². The van der Waals surface area contributed by atoms with Crippen LogP contribution < -0.4 is 10.1 Å². The zero-order valence-electron chi connectivity index (χ0n) is 13.7. The first kappa shape index (κ1) is 16.5. The van der Waals surface area contributed by atoms with Gasteiger partial charge in [0, 0.05) is 12.0 Å². The number of aryl methyl sites for hydroxylation is 1. The number of nitrogens with one attached hydrogen (secondary N) is 1. The van der Waals surface area contributed by atoms with Crippen LogP contribution in [0.25, 0.3) is 0 Å². The zero-order chi connectivity index (χ0) is 17.1. The molecule has 0 spiro atoms. The third kappa shape index (κ3) is 3.57. The average Bonchev–Trinajstić information content (AvgIpc) is 3.33. The van der Waals surface area contributed by atoms with Crippen LogP contribution >= 0.6 is 11.3 Å². The summed E-state index contributed by atoms with van der Waals surface area (Å²) in [4.78, 5) is 17.7. The van der Waals surface area contributed by atoms with E-state index in [2.05, 4.69) is 16.4 Å². The number of methoxy groups -OCH3 is 1. The molecule has 1 atom stereocenters. The van der Waals surface area contributed by atoms with E-state index in [1.54, 1.807) is 19.2 Å². The Labute approximate surface area is 145 Å². The largest absolute Gasteiger partial charge is 0.496 e. The standard InChI is InChI=1S/C18H19N3O2S/c1-11-17(24-16(20-11)9-12-7-8-12)18(22)21-14(10-19)13-5-3-4-6-15(13)23-2/h3-6,12,14H,7-9H2,1-2H3,(H,21,22)/t14-/m0/s1. The number of nitriles is 1. The van der Waals surface area contributed by atoms with E-state index in [9.17, 15) is 10.1 Å². The van der Waals surface area contributed by atoms with Crippen LogP contribution in [-0.4, -0.2) is 18.0 Å². The predicted molar refractivity (Wildman–Crippen MR) is 92.1 cm³/mol. The van der Waals surface area contributed by atoms with Crippen LogP contribution in [0.5, 0.6) is 5.75 Å². The maximum absolute atomic E-state index is 12.6. The highest BCUT2D eigenvalue weighted by atomic mass is 32.1. The summed E-state index contributed by atoms with van der Waals surface area (Å²) in [7, 11) is 1.55. The van der Waals surface area contributed by atoms with Crippen molar-refractivity contribution in [3.05, 3.63) is 45.4 Å². The van der Waals surface area contributed by atoms with Crippen LogP contribution in [0, 0.1) is 24.2 Å². The van der Waals surface area contributed by atoms with Gasteiger partial charge in [-0.3, -0.25) is 4.79 Å². The number of rotatable bonds is 6. The van der Waals surface area contributed by atoms with E-state index in [-0.39, 0.29) is 5.91 Å². The molecule has 1 aliphatic rings. The van der Waals surface area contributed by atoms with Gasteiger partial charge in [-0.25, -0.2) is 4.98 Å². The maximum Gasteiger partial charge on any atom is 0.264 e. The number of nitrogens with zero attached hydrogens (tertiary/aromatic N) is 2. The third-order valence-corrected chi connectivity index (χ3v) is 5.24. The molecule has 1 heterocycles. The van der Waals surface area contributed by atoms with Crippen LogP contribution in [0.3, 0.4) is 0 Å². The second-order valence-corrected chi connectivity index (χ2v) is 7.03. The molecule has 0 saturated heterocycles. The van der Waals surface area contributed by atoms with Crippen molar-refractivity contribution in [3.8, 4) is 11.8 Å². The van der Waals surface area contributed by atoms with Crippen molar-refractivity contribution in [1.82, 2.24) is 10.3 Å². The fourth-order valence-corrected chi connectivity index (χ4v) is 3.68. The Bertz CT molecular complexity index is 790. The van der Waals surface area contributed by atoms with E-state index in [1.807, 2.05) is 19.1 Å². The number of hydrogen-bond donors (Lipinski definition) is 1. The van der Waals surface area contributed by atoms with Gasteiger partial charge < -0.3 is 10.1 Å². The van der Waals surface area contributed by atoms with Gasteiger partial charge in [0.1, 0.15) is 16.7 Å². The molecule has 24 heavy (non-hydrogen) atoms. The maximum atomic E-state index is 12.6. The lowest BCUT2D eigenvalue weighted by Gasteiger charge is -2.14. The quantitative estimate of drug-likeness (QED) is 0.874. The number of carbonyl (C=O) groups excluding carboxylic acids is 1. The summed E-state index contributed by atoms with van der Waals surface area (Å²) in [5, 5.41) is 13.3. The number of amides is 1. The van der Waals surface area contributed by atoms with Crippen molar-refractivity contribution in [2.24, 2.45) is 5.92 Å². The number of benzene rings is 1. The van der Waals surface area contributed by atoms with Crippen molar-refractivity contribution in [1.29, 1.82) is 5.26 Å². The first-order chi connectivity index (χ1) is 11.6. The lowest BCUT2D eigenvalue weighted by atomic mass is 10.1. The molecule has 1 amide bonds. The summed E-state index contributed by atoms with van der Waals surface area (Å²) in [6.45, 7) is 1.84. The van der Waals surface area contributed by atoms with Crippen LogP contribution in [0.2, 0.25) is 0 Å². The lowest BCUT2D eigenvalue weighted by Crippen LogP contribution is -2.27. The highest BCUT2D eigenvalue weighted by Gasteiger charge is 2.26. The highest BCUT2D eigenvalue weighted by Crippen LogP contribution is 2.34. The van der Waals surface area contributed by atoms with Crippen molar-refractivity contribution in [2.75, 3.05) is 7.11 Å². The van der Waals surface area contributed by atoms with Crippen LogP contribution in [0.4, 0.5) is 0 Å². The molecule has 0 unspecified atom stereocenters. The van der Waals surface area contributed by atoms with E-state index in [4.69, 9.17) is 4.74 Å². The molecule has 0 bridgehead atoms. The topological polar surface area (TPSA) is 75.0 Å². The molecule has 1 fully saturated rings. The zero-order valence-corrected chi connectivity index (χ0v) is 14.5. The minimum Gasteiger partial charge on any atom is -0.496 e. The second-order valence-electron chi connectivity index (χ2n) is 5.95. The van der Waals surface area contributed by atoms with Gasteiger partial charge in [-0.05, 0) is 31.7 Å². The molecule has 124 valence electrons. The molecule has 1 aromatic heterocycles. The Morgan fingerprint density at radius 2 is 2.25 bits per heavy atom. The van der Waals surface area contributed by atoms with Gasteiger partial charge >= 0.3 is 0 Å². The Hall–Kier alpha value is -2.39. The van der Waals surface area contributed by atoms with E-state index >= 15 is 0 Å². The summed E-state index contributed by atoms with van der Waals surface area (Å²) in [6.07, 6.45) is 3.46. The molecule has 1 aliphatic carbocycles. The Morgan fingerprint density at radius 1 is 1.50 bits per heavy atom. The van der Waals surface area contributed by atoms with Crippen molar-refractivity contribution < 1.29 is 9.53 Å². The number of thiazole rings is 1. The van der Waals surface area contributed by atoms with Gasteiger partial charge in [0.2, 0.25) is 0 Å². The van der Waals surface area contributed by atoms with Gasteiger partial charge in [0.05, 0.1) is 23.9 Å². The van der Waals surface area contributed by atoms with Gasteiger partial charge in [-0.1, -0.05) is 18.2 Å². The Balaban J connectivity index is 1.77. The van der Waals surface area contributed by atoms with E-state index < -0.39 is 6.04 Å². The molecule has 1 N–H and O–H groups in total. The molecule has 3 rings (SSSR count). The monoisotopic (exact) mass is 341 g/mol. The number of ether oxygens (including phenoxy) is 1. The molecule has 1 aromatic carbocycles. The predicted octanol–water partition coefficient (Wildman–Crippen LogP) is 3.41. The summed E-state index contributed by atoms with van der Waals surface area (Å²) in [5.74, 6) is 1.05. The average molecular weight is 341 g/mol. The minimum absolute atomic E-state index is 0.260. The molecular formula is C18H19N3O2S. The molecule has 2 aromatic rings. The number of aromatic nitrogens is 1. The molecule has 6 heteroatoms. The molecule has 5 nitrogen and oxygen atoms in total. The molecule has 1 saturated carbocycles. The minimum atomic E-state index is -0.762. The van der Waals surface area contributed by atoms with Crippen LogP contribution in [0.15, 0.2) is 24.3 Å². The van der Waals surface area contributed by atoms with E-state index in [1.165, 1.54) is 24.2 Å². The lowest BCUT2D eigenvalue weighted by molar-refractivity contribution is 0.0948. The highest BCUT2D eigenvalue weighted by molar-refractivity contribution is 7.13. The smallest absolute Gasteiger partial charge is 0.264 e. The van der Waals surface area contributed by atoms with Crippen molar-refractivity contribution in [2.45, 2.75) is 32.2 Å². The van der Waals surface area contributed by atoms with Crippen LogP contribution in [0.1, 0.15) is 44.8 Å². The summed E-state index contributed by atoms with van der Waals surface area (Å²) in [5.41, 5.74) is 1.38. The molecule has 0 aliphatic heterocycles. The fourth-order valence-electron chi connectivity index (χ4n) is 2.60.